The van der Waals surface area contributed by atoms with Crippen LogP contribution in [0.4, 0.5) is 0 Å². The van der Waals surface area contributed by atoms with Crippen molar-refractivity contribution >= 4 is 5.97 Å². The number of carbonyl (C=O) groups is 1. The number of unbranched alkanes of at least 4 members (excludes halogenated alkanes) is 4. The van der Waals surface area contributed by atoms with Crippen LogP contribution in [0.3, 0.4) is 0 Å². The Bertz CT molecular complexity index is 189. The lowest BCUT2D eigenvalue weighted by atomic mass is 9.82. The van der Waals surface area contributed by atoms with Crippen molar-refractivity contribution in [1.29, 1.82) is 0 Å². The first kappa shape index (κ1) is 16.5. The van der Waals surface area contributed by atoms with E-state index in [2.05, 4.69) is 13.8 Å². The van der Waals surface area contributed by atoms with Crippen molar-refractivity contribution in [2.75, 3.05) is 0 Å². The number of rotatable bonds is 11. The summed E-state index contributed by atoms with van der Waals surface area (Å²) in [4.78, 5) is 11.2. The van der Waals surface area contributed by atoms with Gasteiger partial charge in [0.2, 0.25) is 0 Å². The fraction of sp³-hybridized carbons (Fsp3) is 0.933. The molecule has 0 radical (unpaired) electrons. The molecule has 0 saturated carbocycles. The second-order valence-corrected chi connectivity index (χ2v) is 5.10. The zero-order chi connectivity index (χ0) is 13.1. The Morgan fingerprint density at radius 3 is 2.00 bits per heavy atom. The molecule has 0 aliphatic heterocycles. The monoisotopic (exact) mass is 242 g/mol. The Balaban J connectivity index is 4.14. The van der Waals surface area contributed by atoms with Gasteiger partial charge in [0.25, 0.3) is 0 Å². The van der Waals surface area contributed by atoms with Crippen molar-refractivity contribution in [3.05, 3.63) is 0 Å². The third kappa shape index (κ3) is 7.40. The third-order valence-electron chi connectivity index (χ3n) is 3.68. The minimum absolute atomic E-state index is 0.122. The number of carboxylic acids is 1. The van der Waals surface area contributed by atoms with Crippen molar-refractivity contribution in [2.45, 2.75) is 78.6 Å². The van der Waals surface area contributed by atoms with E-state index in [0.29, 0.717) is 5.92 Å². The maximum atomic E-state index is 11.2. The molecule has 0 fully saturated rings. The zero-order valence-electron chi connectivity index (χ0n) is 11.9. The van der Waals surface area contributed by atoms with E-state index in [1.807, 2.05) is 6.92 Å². The van der Waals surface area contributed by atoms with Crippen LogP contribution in [0.15, 0.2) is 0 Å². The summed E-state index contributed by atoms with van der Waals surface area (Å²) in [5, 5.41) is 9.25. The normalized spacial score (nSPS) is 14.5. The minimum atomic E-state index is -0.593. The molecule has 1 N–H and O–H groups in total. The van der Waals surface area contributed by atoms with Crippen LogP contribution in [0.25, 0.3) is 0 Å². The summed E-state index contributed by atoms with van der Waals surface area (Å²) in [5.41, 5.74) is 0. The van der Waals surface area contributed by atoms with Gasteiger partial charge in [-0.1, -0.05) is 59.3 Å². The first-order chi connectivity index (χ1) is 8.17. The number of hydrogen-bond donors (Lipinski definition) is 1. The van der Waals surface area contributed by atoms with Gasteiger partial charge in [-0.05, 0) is 25.2 Å². The quantitative estimate of drug-likeness (QED) is 0.525. The standard InChI is InChI=1S/C15H30O2/c1-4-7-9-10-12-13(11-8-5-2)14(6-3)15(16)17/h13-14H,4-12H2,1-3H3,(H,16,17). The molecule has 0 saturated heterocycles. The SMILES string of the molecule is CCCCCCC(CCCC)C(CC)C(=O)O. The molecule has 0 aromatic rings. The van der Waals surface area contributed by atoms with Gasteiger partial charge in [-0.15, -0.1) is 0 Å². The molecule has 0 bridgehead atoms. The van der Waals surface area contributed by atoms with Crippen molar-refractivity contribution in [2.24, 2.45) is 11.8 Å². The first-order valence-corrected chi connectivity index (χ1v) is 7.40. The summed E-state index contributed by atoms with van der Waals surface area (Å²) in [7, 11) is 0. The molecular weight excluding hydrogens is 212 g/mol. The van der Waals surface area contributed by atoms with Crippen LogP contribution < -0.4 is 0 Å². The van der Waals surface area contributed by atoms with Gasteiger partial charge in [0.05, 0.1) is 5.92 Å². The van der Waals surface area contributed by atoms with E-state index in [1.54, 1.807) is 0 Å². The van der Waals surface area contributed by atoms with Gasteiger partial charge < -0.3 is 5.11 Å². The smallest absolute Gasteiger partial charge is 0.306 e. The molecule has 0 amide bonds. The van der Waals surface area contributed by atoms with Crippen molar-refractivity contribution in [3.8, 4) is 0 Å². The van der Waals surface area contributed by atoms with Gasteiger partial charge in [-0.3, -0.25) is 4.79 Å². The molecule has 0 aromatic carbocycles. The van der Waals surface area contributed by atoms with Crippen LogP contribution in [0.1, 0.15) is 78.6 Å². The maximum Gasteiger partial charge on any atom is 0.306 e. The van der Waals surface area contributed by atoms with Gasteiger partial charge in [-0.2, -0.15) is 0 Å². The fourth-order valence-electron chi connectivity index (χ4n) is 2.56. The lowest BCUT2D eigenvalue weighted by Crippen LogP contribution is -2.23. The maximum absolute atomic E-state index is 11.2. The van der Waals surface area contributed by atoms with Crippen LogP contribution in [0, 0.1) is 11.8 Å². The van der Waals surface area contributed by atoms with Crippen LogP contribution >= 0.6 is 0 Å². The molecule has 2 atom stereocenters. The highest BCUT2D eigenvalue weighted by atomic mass is 16.4. The topological polar surface area (TPSA) is 37.3 Å². The molecule has 2 nitrogen and oxygen atoms in total. The van der Waals surface area contributed by atoms with E-state index in [4.69, 9.17) is 0 Å². The highest BCUT2D eigenvalue weighted by molar-refractivity contribution is 5.70. The zero-order valence-corrected chi connectivity index (χ0v) is 11.9. The average molecular weight is 242 g/mol. The number of hydrogen-bond acceptors (Lipinski definition) is 1. The molecule has 0 aromatic heterocycles. The molecule has 0 rings (SSSR count). The Labute approximate surface area is 107 Å². The third-order valence-corrected chi connectivity index (χ3v) is 3.68. The summed E-state index contributed by atoms with van der Waals surface area (Å²) in [6.07, 6.45) is 10.3. The second-order valence-electron chi connectivity index (χ2n) is 5.10. The Kier molecular flexibility index (Phi) is 10.3. The van der Waals surface area contributed by atoms with Gasteiger partial charge in [0.15, 0.2) is 0 Å². The van der Waals surface area contributed by atoms with Gasteiger partial charge in [-0.25, -0.2) is 0 Å². The summed E-state index contributed by atoms with van der Waals surface area (Å²) >= 11 is 0. The van der Waals surface area contributed by atoms with Gasteiger partial charge in [0, 0.05) is 0 Å². The summed E-state index contributed by atoms with van der Waals surface area (Å²) in [5.74, 6) is -0.318. The first-order valence-electron chi connectivity index (χ1n) is 7.40. The molecule has 0 aliphatic rings. The predicted molar refractivity (Wildman–Crippen MR) is 73.2 cm³/mol. The summed E-state index contributed by atoms with van der Waals surface area (Å²) in [6, 6.07) is 0. The molecule has 2 unspecified atom stereocenters. The van der Waals surface area contributed by atoms with Gasteiger partial charge in [0.1, 0.15) is 0 Å². The minimum Gasteiger partial charge on any atom is -0.481 e. The van der Waals surface area contributed by atoms with E-state index >= 15 is 0 Å². The van der Waals surface area contributed by atoms with Crippen LogP contribution in [-0.2, 0) is 4.79 Å². The Morgan fingerprint density at radius 2 is 1.53 bits per heavy atom. The lowest BCUT2D eigenvalue weighted by Gasteiger charge is -2.23. The molecule has 17 heavy (non-hydrogen) atoms. The average Bonchev–Trinajstić information content (AvgIpc) is 2.31. The lowest BCUT2D eigenvalue weighted by molar-refractivity contribution is -0.144. The van der Waals surface area contributed by atoms with E-state index in [9.17, 15) is 9.90 Å². The van der Waals surface area contributed by atoms with E-state index in [0.717, 1.165) is 19.3 Å². The van der Waals surface area contributed by atoms with Crippen LogP contribution in [0.2, 0.25) is 0 Å². The van der Waals surface area contributed by atoms with Crippen molar-refractivity contribution in [1.82, 2.24) is 0 Å². The summed E-state index contributed by atoms with van der Waals surface area (Å²) < 4.78 is 0. The van der Waals surface area contributed by atoms with Crippen molar-refractivity contribution < 1.29 is 9.90 Å². The Morgan fingerprint density at radius 1 is 0.941 bits per heavy atom. The van der Waals surface area contributed by atoms with Crippen LogP contribution in [-0.4, -0.2) is 11.1 Å². The molecule has 0 spiro atoms. The van der Waals surface area contributed by atoms with E-state index in [1.165, 1.54) is 38.5 Å². The highest BCUT2D eigenvalue weighted by Gasteiger charge is 2.25. The van der Waals surface area contributed by atoms with E-state index in [-0.39, 0.29) is 5.92 Å². The molecule has 0 heterocycles. The fourth-order valence-corrected chi connectivity index (χ4v) is 2.56. The predicted octanol–water partition coefficient (Wildman–Crippen LogP) is 4.87. The largest absolute Gasteiger partial charge is 0.481 e. The summed E-state index contributed by atoms with van der Waals surface area (Å²) in [6.45, 7) is 6.39. The Hall–Kier alpha value is -0.530. The molecule has 2 heteroatoms. The molecular formula is C15H30O2. The highest BCUT2D eigenvalue weighted by Crippen LogP contribution is 2.27. The van der Waals surface area contributed by atoms with E-state index < -0.39 is 5.97 Å². The second kappa shape index (κ2) is 10.6. The van der Waals surface area contributed by atoms with Crippen molar-refractivity contribution in [3.63, 3.8) is 0 Å². The molecule has 102 valence electrons. The van der Waals surface area contributed by atoms with Crippen LogP contribution in [0.5, 0.6) is 0 Å². The number of aliphatic carboxylic acids is 1. The number of carboxylic acid groups (broad SMARTS) is 1. The van der Waals surface area contributed by atoms with Gasteiger partial charge >= 0.3 is 5.97 Å². The molecule has 0 aliphatic carbocycles.